The Balaban J connectivity index is 1.96. The van der Waals surface area contributed by atoms with Crippen molar-refractivity contribution in [1.82, 2.24) is 9.55 Å². The predicted octanol–water partition coefficient (Wildman–Crippen LogP) is 3.22. The first kappa shape index (κ1) is 16.8. The standard InChI is InChI=1S/C19H17FN2O3/c1-3-22-10-15(17(23)14-9-8-12(2)21-18(14)22)19(24)25-11-13-6-4-5-7-16(13)20/h4-10H,3,11H2,1-2H3. The van der Waals surface area contributed by atoms with Crippen LogP contribution in [0.3, 0.4) is 0 Å². The molecule has 1 aromatic carbocycles. The van der Waals surface area contributed by atoms with E-state index in [1.165, 1.54) is 18.3 Å². The van der Waals surface area contributed by atoms with E-state index in [2.05, 4.69) is 4.98 Å². The van der Waals surface area contributed by atoms with Crippen LogP contribution in [0.15, 0.2) is 47.4 Å². The van der Waals surface area contributed by atoms with Crippen LogP contribution >= 0.6 is 0 Å². The summed E-state index contributed by atoms with van der Waals surface area (Å²) in [5, 5.41) is 0.354. The van der Waals surface area contributed by atoms with Gasteiger partial charge in [-0.1, -0.05) is 18.2 Å². The molecule has 0 saturated heterocycles. The van der Waals surface area contributed by atoms with E-state index >= 15 is 0 Å². The van der Waals surface area contributed by atoms with Gasteiger partial charge in [-0.3, -0.25) is 4.79 Å². The van der Waals surface area contributed by atoms with Crippen LogP contribution in [-0.4, -0.2) is 15.5 Å². The van der Waals surface area contributed by atoms with Gasteiger partial charge in [-0.2, -0.15) is 0 Å². The molecule has 0 N–H and O–H groups in total. The van der Waals surface area contributed by atoms with Gasteiger partial charge in [-0.25, -0.2) is 14.2 Å². The minimum atomic E-state index is -0.780. The van der Waals surface area contributed by atoms with Crippen molar-refractivity contribution in [3.8, 4) is 0 Å². The van der Waals surface area contributed by atoms with Crippen LogP contribution in [0.4, 0.5) is 4.39 Å². The smallest absolute Gasteiger partial charge is 0.344 e. The van der Waals surface area contributed by atoms with Crippen molar-refractivity contribution >= 4 is 17.0 Å². The number of aryl methyl sites for hydroxylation is 2. The molecule has 0 fully saturated rings. The fourth-order valence-electron chi connectivity index (χ4n) is 2.58. The lowest BCUT2D eigenvalue weighted by atomic mass is 10.1. The Bertz CT molecular complexity index is 1010. The highest BCUT2D eigenvalue weighted by Gasteiger charge is 2.17. The van der Waals surface area contributed by atoms with Crippen LogP contribution in [0.5, 0.6) is 0 Å². The Morgan fingerprint density at radius 1 is 1.24 bits per heavy atom. The maximum atomic E-state index is 13.6. The van der Waals surface area contributed by atoms with Gasteiger partial charge in [0, 0.05) is 24.0 Å². The molecule has 2 heterocycles. The van der Waals surface area contributed by atoms with Crippen molar-refractivity contribution in [3.63, 3.8) is 0 Å². The average Bonchev–Trinajstić information content (AvgIpc) is 2.61. The maximum Gasteiger partial charge on any atom is 0.344 e. The normalized spacial score (nSPS) is 10.8. The number of carbonyl (C=O) groups excluding carboxylic acids is 1. The lowest BCUT2D eigenvalue weighted by Crippen LogP contribution is -2.21. The second-order valence-electron chi connectivity index (χ2n) is 5.65. The van der Waals surface area contributed by atoms with Gasteiger partial charge in [-0.15, -0.1) is 0 Å². The molecule has 0 aliphatic heterocycles. The third-order valence-corrected chi connectivity index (χ3v) is 3.94. The van der Waals surface area contributed by atoms with Crippen LogP contribution in [0, 0.1) is 12.7 Å². The molecule has 0 spiro atoms. The summed E-state index contributed by atoms with van der Waals surface area (Å²) < 4.78 is 20.5. The zero-order valence-corrected chi connectivity index (χ0v) is 14.0. The number of nitrogens with zero attached hydrogens (tertiary/aromatic N) is 2. The SMILES string of the molecule is CCn1cc(C(=O)OCc2ccccc2F)c(=O)c2ccc(C)nc21. The highest BCUT2D eigenvalue weighted by molar-refractivity contribution is 5.93. The zero-order chi connectivity index (χ0) is 18.0. The van der Waals surface area contributed by atoms with Crippen LogP contribution in [0.25, 0.3) is 11.0 Å². The Morgan fingerprint density at radius 3 is 2.72 bits per heavy atom. The van der Waals surface area contributed by atoms with Gasteiger partial charge in [-0.05, 0) is 32.0 Å². The number of hydrogen-bond acceptors (Lipinski definition) is 4. The van der Waals surface area contributed by atoms with Crippen molar-refractivity contribution in [2.45, 2.75) is 27.0 Å². The number of halogens is 1. The number of ether oxygens (including phenoxy) is 1. The lowest BCUT2D eigenvalue weighted by molar-refractivity contribution is 0.0466. The van der Waals surface area contributed by atoms with Gasteiger partial charge in [0.1, 0.15) is 23.6 Å². The molecule has 3 aromatic rings. The van der Waals surface area contributed by atoms with Crippen LogP contribution in [-0.2, 0) is 17.9 Å². The average molecular weight is 340 g/mol. The van der Waals surface area contributed by atoms with Crippen molar-refractivity contribution in [2.24, 2.45) is 0 Å². The zero-order valence-electron chi connectivity index (χ0n) is 14.0. The molecule has 0 saturated carbocycles. The summed E-state index contributed by atoms with van der Waals surface area (Å²) in [4.78, 5) is 29.3. The fourth-order valence-corrected chi connectivity index (χ4v) is 2.58. The third-order valence-electron chi connectivity index (χ3n) is 3.94. The van der Waals surface area contributed by atoms with Crippen molar-refractivity contribution in [1.29, 1.82) is 0 Å². The monoisotopic (exact) mass is 340 g/mol. The molecule has 25 heavy (non-hydrogen) atoms. The van der Waals surface area contributed by atoms with E-state index in [9.17, 15) is 14.0 Å². The highest BCUT2D eigenvalue weighted by atomic mass is 19.1. The Hall–Kier alpha value is -3.02. The first-order valence-corrected chi connectivity index (χ1v) is 7.92. The van der Waals surface area contributed by atoms with E-state index in [4.69, 9.17) is 4.74 Å². The molecular formula is C19H17FN2O3. The third kappa shape index (κ3) is 3.28. The number of pyridine rings is 2. The van der Waals surface area contributed by atoms with Gasteiger partial charge in [0.2, 0.25) is 5.43 Å². The summed E-state index contributed by atoms with van der Waals surface area (Å²) in [6.45, 7) is 4.03. The molecule has 0 unspecified atom stereocenters. The molecule has 2 aromatic heterocycles. The molecule has 0 bridgehead atoms. The van der Waals surface area contributed by atoms with E-state index in [1.54, 1.807) is 28.8 Å². The Kier molecular flexibility index (Phi) is 4.61. The quantitative estimate of drug-likeness (QED) is 0.684. The fraction of sp³-hybridized carbons (Fsp3) is 0.211. The maximum absolute atomic E-state index is 13.6. The van der Waals surface area contributed by atoms with Crippen LogP contribution < -0.4 is 5.43 Å². The lowest BCUT2D eigenvalue weighted by Gasteiger charge is -2.11. The topological polar surface area (TPSA) is 61.2 Å². The summed E-state index contributed by atoms with van der Waals surface area (Å²) in [6.07, 6.45) is 1.45. The molecule has 0 aliphatic carbocycles. The molecule has 0 atom stereocenters. The van der Waals surface area contributed by atoms with Gasteiger partial charge >= 0.3 is 5.97 Å². The number of fused-ring (bicyclic) bond motifs is 1. The van der Waals surface area contributed by atoms with Gasteiger partial charge in [0.25, 0.3) is 0 Å². The van der Waals surface area contributed by atoms with Crippen molar-refractivity contribution < 1.29 is 13.9 Å². The van der Waals surface area contributed by atoms with Crippen LogP contribution in [0.2, 0.25) is 0 Å². The molecule has 0 amide bonds. The minimum absolute atomic E-state index is 0.0867. The predicted molar refractivity (Wildman–Crippen MR) is 91.9 cm³/mol. The van der Waals surface area contributed by atoms with Gasteiger partial charge < -0.3 is 9.30 Å². The number of carbonyl (C=O) groups is 1. The molecule has 6 heteroatoms. The summed E-state index contributed by atoms with van der Waals surface area (Å²) in [5.41, 5.74) is 1.04. The first-order chi connectivity index (χ1) is 12.0. The summed E-state index contributed by atoms with van der Waals surface area (Å²) >= 11 is 0. The van der Waals surface area contributed by atoms with Gasteiger partial charge in [0.05, 0.1) is 5.39 Å². The summed E-state index contributed by atoms with van der Waals surface area (Å²) in [7, 11) is 0. The van der Waals surface area contributed by atoms with E-state index < -0.39 is 17.2 Å². The number of hydrogen-bond donors (Lipinski definition) is 0. The summed E-state index contributed by atoms with van der Waals surface area (Å²) in [5.74, 6) is -1.24. The Morgan fingerprint density at radius 2 is 2.00 bits per heavy atom. The number of esters is 1. The molecule has 0 aliphatic rings. The minimum Gasteiger partial charge on any atom is -0.457 e. The first-order valence-electron chi connectivity index (χ1n) is 7.92. The summed E-state index contributed by atoms with van der Waals surface area (Å²) in [6, 6.07) is 9.40. The molecule has 0 radical (unpaired) electrons. The largest absolute Gasteiger partial charge is 0.457 e. The van der Waals surface area contributed by atoms with E-state index in [1.807, 2.05) is 13.8 Å². The molecule has 128 valence electrons. The Labute approximate surface area is 143 Å². The van der Waals surface area contributed by atoms with Crippen molar-refractivity contribution in [3.05, 3.63) is 75.5 Å². The molecule has 3 rings (SSSR count). The highest BCUT2D eigenvalue weighted by Crippen LogP contribution is 2.13. The second kappa shape index (κ2) is 6.84. The molecule has 5 nitrogen and oxygen atoms in total. The second-order valence-corrected chi connectivity index (χ2v) is 5.65. The van der Waals surface area contributed by atoms with E-state index in [0.29, 0.717) is 17.6 Å². The number of aromatic nitrogens is 2. The number of benzene rings is 1. The van der Waals surface area contributed by atoms with Crippen molar-refractivity contribution in [2.75, 3.05) is 0 Å². The van der Waals surface area contributed by atoms with Gasteiger partial charge in [0.15, 0.2) is 0 Å². The van der Waals surface area contributed by atoms with E-state index in [-0.39, 0.29) is 17.7 Å². The van der Waals surface area contributed by atoms with E-state index in [0.717, 1.165) is 5.69 Å². The van der Waals surface area contributed by atoms with Crippen LogP contribution in [0.1, 0.15) is 28.5 Å². The molecular weight excluding hydrogens is 323 g/mol. The number of rotatable bonds is 4.